The van der Waals surface area contributed by atoms with Gasteiger partial charge in [0.05, 0.1) is 24.5 Å². The third-order valence-electron chi connectivity index (χ3n) is 5.09. The molecule has 2 aromatic heterocycles. The van der Waals surface area contributed by atoms with Gasteiger partial charge in [0.15, 0.2) is 15.5 Å². The summed E-state index contributed by atoms with van der Waals surface area (Å²) in [7, 11) is -2.01. The average Bonchev–Trinajstić information content (AvgIpc) is 3.18. The lowest BCUT2D eigenvalue weighted by atomic mass is 9.98. The summed E-state index contributed by atoms with van der Waals surface area (Å²) in [6, 6.07) is 9.24. The van der Waals surface area contributed by atoms with Crippen molar-refractivity contribution in [1.82, 2.24) is 19.7 Å². The number of nitrogens with zero attached hydrogens (tertiary/aromatic N) is 4. The molecule has 4 aromatic rings. The van der Waals surface area contributed by atoms with Crippen LogP contribution in [-0.4, -0.2) is 41.5 Å². The van der Waals surface area contributed by atoms with Crippen LogP contribution in [0.1, 0.15) is 19.9 Å². The Morgan fingerprint density at radius 3 is 2.52 bits per heavy atom. The monoisotopic (exact) mass is 440 g/mol. The maximum atomic E-state index is 14.8. The number of methoxy groups -OCH3 is 1. The summed E-state index contributed by atoms with van der Waals surface area (Å²) >= 11 is 0. The second kappa shape index (κ2) is 7.73. The number of benzene rings is 2. The van der Waals surface area contributed by atoms with Crippen molar-refractivity contribution in [2.24, 2.45) is 0 Å². The van der Waals surface area contributed by atoms with Crippen molar-refractivity contribution < 1.29 is 17.5 Å². The summed E-state index contributed by atoms with van der Waals surface area (Å²) in [5.41, 5.74) is 3.47. The Hall–Kier alpha value is -3.33. The van der Waals surface area contributed by atoms with Crippen molar-refractivity contribution in [3.8, 4) is 28.0 Å². The molecule has 0 fully saturated rings. The van der Waals surface area contributed by atoms with E-state index in [0.29, 0.717) is 22.3 Å². The van der Waals surface area contributed by atoms with Crippen molar-refractivity contribution in [2.45, 2.75) is 24.8 Å². The van der Waals surface area contributed by atoms with E-state index in [2.05, 4.69) is 15.2 Å². The van der Waals surface area contributed by atoms with Crippen LogP contribution < -0.4 is 4.74 Å². The van der Waals surface area contributed by atoms with Crippen molar-refractivity contribution in [1.29, 1.82) is 0 Å². The van der Waals surface area contributed by atoms with Gasteiger partial charge in [-0.3, -0.25) is 0 Å². The summed E-state index contributed by atoms with van der Waals surface area (Å²) in [4.78, 5) is 4.59. The number of fused-ring (bicyclic) bond motifs is 1. The molecule has 0 bridgehead atoms. The molecule has 2 aromatic carbocycles. The Kier molecular flexibility index (Phi) is 5.22. The molecule has 160 valence electrons. The van der Waals surface area contributed by atoms with E-state index in [1.807, 2.05) is 18.4 Å². The van der Waals surface area contributed by atoms with Gasteiger partial charge in [-0.2, -0.15) is 5.10 Å². The molecule has 0 aliphatic heterocycles. The third-order valence-corrected chi connectivity index (χ3v) is 6.20. The minimum absolute atomic E-state index is 0.101. The zero-order chi connectivity index (χ0) is 22.3. The molecule has 0 amide bonds. The zero-order valence-electron chi connectivity index (χ0n) is 17.5. The van der Waals surface area contributed by atoms with E-state index < -0.39 is 15.7 Å². The molecule has 0 N–H and O–H groups in total. The molecular weight excluding hydrogens is 419 g/mol. The second-order valence-corrected chi connectivity index (χ2v) is 9.52. The van der Waals surface area contributed by atoms with E-state index in [1.54, 1.807) is 30.7 Å². The number of hydrogen-bond acceptors (Lipinski definition) is 6. The summed E-state index contributed by atoms with van der Waals surface area (Å²) in [5, 5.41) is 8.31. The number of hydrogen-bond donors (Lipinski definition) is 0. The first-order chi connectivity index (χ1) is 14.7. The van der Waals surface area contributed by atoms with E-state index in [9.17, 15) is 12.8 Å². The number of rotatable bonds is 5. The molecule has 0 saturated carbocycles. The molecule has 0 spiro atoms. The molecule has 0 aliphatic rings. The summed E-state index contributed by atoms with van der Waals surface area (Å²) in [6.45, 7) is 4.05. The normalized spacial score (nSPS) is 11.9. The maximum absolute atomic E-state index is 14.8. The number of ether oxygens (including phenoxy) is 1. The van der Waals surface area contributed by atoms with E-state index in [4.69, 9.17) is 4.74 Å². The van der Waals surface area contributed by atoms with Crippen molar-refractivity contribution >= 4 is 21.0 Å². The first-order valence-corrected chi connectivity index (χ1v) is 11.5. The zero-order valence-corrected chi connectivity index (χ0v) is 18.3. The highest BCUT2D eigenvalue weighted by molar-refractivity contribution is 7.90. The minimum atomic E-state index is -3.42. The van der Waals surface area contributed by atoms with Crippen LogP contribution >= 0.6 is 0 Å². The van der Waals surface area contributed by atoms with Gasteiger partial charge in [0.2, 0.25) is 0 Å². The number of sulfone groups is 1. The van der Waals surface area contributed by atoms with Gasteiger partial charge < -0.3 is 9.30 Å². The summed E-state index contributed by atoms with van der Waals surface area (Å²) in [5.74, 6) is -0.193. The van der Waals surface area contributed by atoms with Crippen molar-refractivity contribution in [3.05, 3.63) is 54.7 Å². The first kappa shape index (κ1) is 20.9. The molecule has 0 saturated heterocycles. The average molecular weight is 441 g/mol. The molecule has 0 unspecified atom stereocenters. The van der Waals surface area contributed by atoms with Crippen LogP contribution in [0.3, 0.4) is 0 Å². The highest BCUT2D eigenvalue weighted by atomic mass is 32.2. The Balaban J connectivity index is 1.89. The van der Waals surface area contributed by atoms with E-state index in [-0.39, 0.29) is 22.3 Å². The maximum Gasteiger partial charge on any atom is 0.183 e. The van der Waals surface area contributed by atoms with Gasteiger partial charge >= 0.3 is 0 Å². The topological polar surface area (TPSA) is 87.0 Å². The number of imidazole rings is 1. The quantitative estimate of drug-likeness (QED) is 0.460. The Bertz CT molecular complexity index is 1400. The van der Waals surface area contributed by atoms with Gasteiger partial charge in [-0.25, -0.2) is 17.8 Å². The van der Waals surface area contributed by atoms with Gasteiger partial charge in [-0.15, -0.1) is 5.10 Å². The fourth-order valence-corrected chi connectivity index (χ4v) is 4.10. The fourth-order valence-electron chi connectivity index (χ4n) is 3.46. The lowest BCUT2D eigenvalue weighted by molar-refractivity contribution is 0.415. The van der Waals surface area contributed by atoms with Crippen LogP contribution in [0.25, 0.3) is 33.4 Å². The van der Waals surface area contributed by atoms with Gasteiger partial charge in [0.25, 0.3) is 0 Å². The number of aromatic nitrogens is 4. The SMILES string of the molecule is COc1cc(S(C)(=O)=O)ccc1-c1cc(-c2cnnc3c2ncn3C(C)C)ccc1F. The smallest absolute Gasteiger partial charge is 0.183 e. The van der Waals surface area contributed by atoms with Gasteiger partial charge in [0, 0.05) is 29.0 Å². The highest BCUT2D eigenvalue weighted by Gasteiger charge is 2.18. The Morgan fingerprint density at radius 2 is 1.84 bits per heavy atom. The van der Waals surface area contributed by atoms with Gasteiger partial charge in [0.1, 0.15) is 17.1 Å². The van der Waals surface area contributed by atoms with Crippen molar-refractivity contribution in [3.63, 3.8) is 0 Å². The second-order valence-electron chi connectivity index (χ2n) is 7.50. The molecule has 0 atom stereocenters. The lowest BCUT2D eigenvalue weighted by Gasteiger charge is -2.13. The van der Waals surface area contributed by atoms with Crippen LogP contribution in [0.4, 0.5) is 4.39 Å². The Labute approximate surface area is 179 Å². The Morgan fingerprint density at radius 1 is 1.06 bits per heavy atom. The predicted molar refractivity (Wildman–Crippen MR) is 116 cm³/mol. The highest BCUT2D eigenvalue weighted by Crippen LogP contribution is 2.37. The van der Waals surface area contributed by atoms with Gasteiger partial charge in [-0.05, 0) is 49.7 Å². The molecule has 7 nitrogen and oxygen atoms in total. The molecule has 9 heteroatoms. The third kappa shape index (κ3) is 3.76. The van der Waals surface area contributed by atoms with E-state index in [0.717, 1.165) is 11.8 Å². The summed E-state index contributed by atoms with van der Waals surface area (Å²) in [6.07, 6.45) is 4.42. The largest absolute Gasteiger partial charge is 0.496 e. The number of halogens is 1. The van der Waals surface area contributed by atoms with E-state index in [1.165, 1.54) is 25.3 Å². The van der Waals surface area contributed by atoms with Gasteiger partial charge in [-0.1, -0.05) is 6.07 Å². The molecule has 2 heterocycles. The molecule has 4 rings (SSSR count). The van der Waals surface area contributed by atoms with Crippen LogP contribution in [0.5, 0.6) is 5.75 Å². The molecule has 0 radical (unpaired) electrons. The van der Waals surface area contributed by atoms with Crippen LogP contribution in [-0.2, 0) is 9.84 Å². The molecule has 31 heavy (non-hydrogen) atoms. The summed E-state index contributed by atoms with van der Waals surface area (Å²) < 4.78 is 45.9. The first-order valence-electron chi connectivity index (χ1n) is 9.57. The standard InChI is InChI=1S/C22H21FN4O3S/c1-13(2)27-12-24-21-18(11-25-26-22(21)27)14-5-8-19(23)17(9-14)16-7-6-15(31(4,28)29)10-20(16)30-3/h5-13H,1-4H3. The predicted octanol–water partition coefficient (Wildman–Crippen LogP) is 4.29. The minimum Gasteiger partial charge on any atom is -0.496 e. The van der Waals surface area contributed by atoms with Crippen molar-refractivity contribution in [2.75, 3.05) is 13.4 Å². The van der Waals surface area contributed by atoms with Crippen LogP contribution in [0.2, 0.25) is 0 Å². The van der Waals surface area contributed by atoms with Crippen LogP contribution in [0, 0.1) is 5.82 Å². The fraction of sp³-hybridized carbons (Fsp3) is 0.227. The lowest BCUT2D eigenvalue weighted by Crippen LogP contribution is -2.01. The molecule has 0 aliphatic carbocycles. The molecular formula is C22H21FN4O3S. The van der Waals surface area contributed by atoms with E-state index >= 15 is 0 Å². The van der Waals surface area contributed by atoms with Crippen LogP contribution in [0.15, 0.2) is 53.8 Å².